The van der Waals surface area contributed by atoms with Crippen molar-refractivity contribution in [2.24, 2.45) is 0 Å². The summed E-state index contributed by atoms with van der Waals surface area (Å²) >= 11 is 6.70. The van der Waals surface area contributed by atoms with Gasteiger partial charge in [-0.2, -0.15) is 0 Å². The Balaban J connectivity index is 1.86. The number of sulfone groups is 2. The molecule has 0 amide bonds. The number of thioether (sulfide) groups is 1. The largest absolute Gasteiger partial charge is 0.348 e. The predicted octanol–water partition coefficient (Wildman–Crippen LogP) is -0.327. The van der Waals surface area contributed by atoms with Crippen molar-refractivity contribution in [1.82, 2.24) is 4.90 Å². The lowest BCUT2D eigenvalue weighted by molar-refractivity contribution is 0.292. The molecule has 3 aliphatic rings. The van der Waals surface area contributed by atoms with Crippen molar-refractivity contribution < 1.29 is 16.8 Å². The SMILES string of the molecule is O=S1(=O)CCC(N2C(=S)SC3CS(=O)(=O)CC32)C1. The van der Waals surface area contributed by atoms with Gasteiger partial charge in [-0.15, -0.1) is 0 Å². The summed E-state index contributed by atoms with van der Waals surface area (Å²) in [6.07, 6.45) is 0.562. The van der Waals surface area contributed by atoms with Crippen LogP contribution in [0.1, 0.15) is 6.42 Å². The molecular weight excluding hydrogens is 314 g/mol. The Morgan fingerprint density at radius 2 is 1.83 bits per heavy atom. The highest BCUT2D eigenvalue weighted by atomic mass is 32.2. The van der Waals surface area contributed by atoms with E-state index in [-0.39, 0.29) is 40.3 Å². The molecule has 0 aliphatic carbocycles. The molecule has 0 radical (unpaired) electrons. The molecule has 18 heavy (non-hydrogen) atoms. The van der Waals surface area contributed by atoms with Crippen LogP contribution >= 0.6 is 24.0 Å². The van der Waals surface area contributed by atoms with Gasteiger partial charge < -0.3 is 4.90 Å². The van der Waals surface area contributed by atoms with Crippen molar-refractivity contribution in [3.63, 3.8) is 0 Å². The van der Waals surface area contributed by atoms with Crippen LogP contribution in [0, 0.1) is 0 Å². The lowest BCUT2D eigenvalue weighted by Crippen LogP contribution is -2.44. The fourth-order valence-electron chi connectivity index (χ4n) is 2.91. The van der Waals surface area contributed by atoms with Crippen LogP contribution in [-0.4, -0.2) is 66.4 Å². The van der Waals surface area contributed by atoms with E-state index >= 15 is 0 Å². The monoisotopic (exact) mass is 327 g/mol. The quantitative estimate of drug-likeness (QED) is 0.611. The molecule has 102 valence electrons. The summed E-state index contributed by atoms with van der Waals surface area (Å²) in [6, 6.07) is -0.246. The topological polar surface area (TPSA) is 71.5 Å². The van der Waals surface area contributed by atoms with Crippen LogP contribution in [0.25, 0.3) is 0 Å². The minimum absolute atomic E-state index is 0.00851. The highest BCUT2D eigenvalue weighted by Crippen LogP contribution is 2.40. The van der Waals surface area contributed by atoms with E-state index in [9.17, 15) is 16.8 Å². The molecule has 9 heteroatoms. The van der Waals surface area contributed by atoms with Crippen LogP contribution in [-0.2, 0) is 19.7 Å². The van der Waals surface area contributed by atoms with Crippen LogP contribution in [0.5, 0.6) is 0 Å². The molecule has 0 N–H and O–H groups in total. The lowest BCUT2D eigenvalue weighted by atomic mass is 10.1. The third kappa shape index (κ3) is 2.19. The summed E-state index contributed by atoms with van der Waals surface area (Å²) in [7, 11) is -5.97. The number of thiocarbonyl (C=S) groups is 1. The number of hydrogen-bond donors (Lipinski definition) is 0. The van der Waals surface area contributed by atoms with Crippen molar-refractivity contribution in [3.8, 4) is 0 Å². The van der Waals surface area contributed by atoms with Crippen molar-refractivity contribution in [2.75, 3.05) is 23.0 Å². The van der Waals surface area contributed by atoms with E-state index in [4.69, 9.17) is 12.2 Å². The molecule has 0 aromatic carbocycles. The minimum Gasteiger partial charge on any atom is -0.348 e. The van der Waals surface area contributed by atoms with E-state index in [1.54, 1.807) is 0 Å². The van der Waals surface area contributed by atoms with Gasteiger partial charge in [-0.1, -0.05) is 24.0 Å². The Labute approximate surface area is 116 Å². The Morgan fingerprint density at radius 3 is 2.44 bits per heavy atom. The van der Waals surface area contributed by atoms with E-state index < -0.39 is 19.7 Å². The molecule has 3 fully saturated rings. The van der Waals surface area contributed by atoms with Crippen molar-refractivity contribution in [2.45, 2.75) is 23.8 Å². The van der Waals surface area contributed by atoms with Crippen molar-refractivity contribution in [3.05, 3.63) is 0 Å². The number of hydrogen-bond acceptors (Lipinski definition) is 6. The van der Waals surface area contributed by atoms with E-state index in [0.717, 1.165) is 0 Å². The van der Waals surface area contributed by atoms with Crippen molar-refractivity contribution >= 4 is 48.0 Å². The third-order valence-electron chi connectivity index (χ3n) is 3.69. The fourth-order valence-corrected chi connectivity index (χ4v) is 9.11. The van der Waals surface area contributed by atoms with Gasteiger partial charge in [0, 0.05) is 11.3 Å². The van der Waals surface area contributed by atoms with E-state index in [2.05, 4.69) is 0 Å². The van der Waals surface area contributed by atoms with Crippen LogP contribution in [0.4, 0.5) is 0 Å². The molecule has 5 nitrogen and oxygen atoms in total. The Morgan fingerprint density at radius 1 is 1.11 bits per heavy atom. The zero-order chi connectivity index (χ0) is 13.1. The van der Waals surface area contributed by atoms with Gasteiger partial charge in [-0.25, -0.2) is 16.8 Å². The van der Waals surface area contributed by atoms with Gasteiger partial charge in [0.2, 0.25) is 0 Å². The molecular formula is C9H13NO4S4. The van der Waals surface area contributed by atoms with Crippen LogP contribution in [0.3, 0.4) is 0 Å². The zero-order valence-electron chi connectivity index (χ0n) is 9.48. The van der Waals surface area contributed by atoms with Crippen LogP contribution in [0.15, 0.2) is 0 Å². The Bertz CT molecular complexity index is 596. The van der Waals surface area contributed by atoms with Crippen LogP contribution < -0.4 is 0 Å². The van der Waals surface area contributed by atoms with Gasteiger partial charge in [0.1, 0.15) is 4.32 Å². The first-order valence-corrected chi connectivity index (χ1v) is 10.6. The van der Waals surface area contributed by atoms with Gasteiger partial charge in [0.05, 0.1) is 29.1 Å². The predicted molar refractivity (Wildman–Crippen MR) is 75.3 cm³/mol. The first-order chi connectivity index (χ1) is 8.27. The summed E-state index contributed by atoms with van der Waals surface area (Å²) < 4.78 is 47.0. The molecule has 3 rings (SSSR count). The second-order valence-electron chi connectivity index (χ2n) is 5.03. The smallest absolute Gasteiger partial charge is 0.153 e. The van der Waals surface area contributed by atoms with E-state index in [1.165, 1.54) is 11.8 Å². The minimum atomic E-state index is -2.99. The maximum atomic E-state index is 11.6. The molecule has 0 aromatic rings. The first-order valence-electron chi connectivity index (χ1n) is 5.67. The summed E-state index contributed by atoms with van der Waals surface area (Å²) in [4.78, 5) is 1.89. The molecule has 3 saturated heterocycles. The highest BCUT2D eigenvalue weighted by molar-refractivity contribution is 8.24. The second kappa shape index (κ2) is 4.07. The molecule has 0 aromatic heterocycles. The van der Waals surface area contributed by atoms with Gasteiger partial charge >= 0.3 is 0 Å². The second-order valence-corrected chi connectivity index (χ2v) is 11.3. The lowest BCUT2D eigenvalue weighted by Gasteiger charge is -2.29. The molecule has 3 atom stereocenters. The van der Waals surface area contributed by atoms with Crippen LogP contribution in [0.2, 0.25) is 0 Å². The zero-order valence-corrected chi connectivity index (χ0v) is 12.7. The van der Waals surface area contributed by atoms with Gasteiger partial charge in [0.15, 0.2) is 19.7 Å². The molecule has 3 heterocycles. The molecule has 3 unspecified atom stereocenters. The normalized spacial score (nSPS) is 41.2. The summed E-state index contributed by atoms with van der Waals surface area (Å²) in [6.45, 7) is 0. The number of rotatable bonds is 1. The Hall–Kier alpha value is 0.140. The van der Waals surface area contributed by atoms with Gasteiger partial charge in [-0.3, -0.25) is 0 Å². The standard InChI is InChI=1S/C9H13NO4S4/c11-17(12)2-1-6(3-17)10-7-4-18(13,14)5-8(7)16-9(10)15/h6-8H,1-5H2. The number of fused-ring (bicyclic) bond motifs is 1. The molecule has 0 saturated carbocycles. The maximum absolute atomic E-state index is 11.6. The first kappa shape index (κ1) is 13.1. The maximum Gasteiger partial charge on any atom is 0.153 e. The third-order valence-corrected chi connectivity index (χ3v) is 9.07. The van der Waals surface area contributed by atoms with E-state index in [0.29, 0.717) is 10.7 Å². The number of nitrogens with zero attached hydrogens (tertiary/aromatic N) is 1. The molecule has 0 spiro atoms. The fraction of sp³-hybridized carbons (Fsp3) is 0.889. The van der Waals surface area contributed by atoms with E-state index in [1.807, 2.05) is 4.90 Å². The average molecular weight is 327 g/mol. The summed E-state index contributed by atoms with van der Waals surface area (Å²) in [5.41, 5.74) is 0. The average Bonchev–Trinajstić information content (AvgIpc) is 2.75. The summed E-state index contributed by atoms with van der Waals surface area (Å²) in [5.74, 6) is 0.572. The Kier molecular flexibility index (Phi) is 2.97. The molecule has 0 bridgehead atoms. The van der Waals surface area contributed by atoms with Crippen molar-refractivity contribution in [1.29, 1.82) is 0 Å². The van der Waals surface area contributed by atoms with Gasteiger partial charge in [0.25, 0.3) is 0 Å². The van der Waals surface area contributed by atoms with Gasteiger partial charge in [-0.05, 0) is 6.42 Å². The summed E-state index contributed by atoms with van der Waals surface area (Å²) in [5, 5.41) is -0.00851. The molecule has 3 aliphatic heterocycles. The highest BCUT2D eigenvalue weighted by Gasteiger charge is 2.51.